The molecule has 0 radical (unpaired) electrons. The molecule has 1 N–H and O–H groups in total. The lowest BCUT2D eigenvalue weighted by molar-refractivity contribution is 0.101. The molecule has 0 heterocycles. The molecule has 0 aliphatic heterocycles. The van der Waals surface area contributed by atoms with Crippen LogP contribution >= 0.6 is 0 Å². The molecule has 0 unspecified atom stereocenters. The topological polar surface area (TPSA) is 80.3 Å². The minimum Gasteiger partial charge on any atom is -0.321 e. The van der Waals surface area contributed by atoms with Crippen molar-refractivity contribution < 1.29 is 18.0 Å². The number of benzene rings is 2. The molecule has 0 saturated carbocycles. The van der Waals surface area contributed by atoms with Crippen LogP contribution in [0.5, 0.6) is 0 Å². The van der Waals surface area contributed by atoms with Crippen LogP contribution < -0.4 is 5.32 Å². The first-order valence-electron chi connectivity index (χ1n) is 6.94. The van der Waals surface area contributed by atoms with Crippen LogP contribution in [0.3, 0.4) is 0 Å². The van der Waals surface area contributed by atoms with Gasteiger partial charge in [0.25, 0.3) is 5.91 Å². The number of ketones is 1. The second-order valence-electron chi connectivity index (χ2n) is 5.33. The molecule has 1 amide bonds. The SMILES string of the molecule is CC(=O)c1ccccc1NC(=O)c1cccc(CS(C)(=O)=O)c1. The van der Waals surface area contributed by atoms with E-state index in [4.69, 9.17) is 0 Å². The van der Waals surface area contributed by atoms with Crippen molar-refractivity contribution in [1.82, 2.24) is 0 Å². The Morgan fingerprint density at radius 1 is 1.04 bits per heavy atom. The molecule has 23 heavy (non-hydrogen) atoms. The lowest BCUT2D eigenvalue weighted by atomic mass is 10.1. The Morgan fingerprint density at radius 2 is 1.74 bits per heavy atom. The zero-order valence-corrected chi connectivity index (χ0v) is 13.7. The largest absolute Gasteiger partial charge is 0.321 e. The Labute approximate surface area is 135 Å². The molecule has 0 aliphatic rings. The Morgan fingerprint density at radius 3 is 2.39 bits per heavy atom. The van der Waals surface area contributed by atoms with E-state index >= 15 is 0 Å². The van der Waals surface area contributed by atoms with Gasteiger partial charge in [-0.05, 0) is 36.8 Å². The molecule has 0 spiro atoms. The zero-order chi connectivity index (χ0) is 17.0. The molecule has 5 nitrogen and oxygen atoms in total. The fourth-order valence-corrected chi connectivity index (χ4v) is 2.98. The van der Waals surface area contributed by atoms with Gasteiger partial charge >= 0.3 is 0 Å². The highest BCUT2D eigenvalue weighted by Crippen LogP contribution is 2.17. The van der Waals surface area contributed by atoms with Crippen molar-refractivity contribution in [2.45, 2.75) is 12.7 Å². The van der Waals surface area contributed by atoms with E-state index in [0.29, 0.717) is 22.4 Å². The van der Waals surface area contributed by atoms with E-state index in [1.807, 2.05) is 0 Å². The van der Waals surface area contributed by atoms with Crippen molar-refractivity contribution in [3.05, 3.63) is 65.2 Å². The number of anilines is 1. The Hall–Kier alpha value is -2.47. The summed E-state index contributed by atoms with van der Waals surface area (Å²) in [6.45, 7) is 1.43. The second kappa shape index (κ2) is 6.75. The van der Waals surface area contributed by atoms with Gasteiger partial charge in [-0.3, -0.25) is 9.59 Å². The number of nitrogens with one attached hydrogen (secondary N) is 1. The maximum atomic E-state index is 12.3. The molecule has 2 aromatic carbocycles. The molecule has 2 rings (SSSR count). The second-order valence-corrected chi connectivity index (χ2v) is 7.47. The van der Waals surface area contributed by atoms with Crippen LogP contribution in [0.1, 0.15) is 33.2 Å². The van der Waals surface area contributed by atoms with Gasteiger partial charge in [0.1, 0.15) is 0 Å². The molecule has 0 atom stereocenters. The van der Waals surface area contributed by atoms with Gasteiger partial charge in [0.2, 0.25) is 0 Å². The highest BCUT2D eigenvalue weighted by Gasteiger charge is 2.12. The van der Waals surface area contributed by atoms with Crippen LogP contribution in [0.4, 0.5) is 5.69 Å². The number of hydrogen-bond donors (Lipinski definition) is 1. The fourth-order valence-electron chi connectivity index (χ4n) is 2.20. The highest BCUT2D eigenvalue weighted by atomic mass is 32.2. The van der Waals surface area contributed by atoms with Crippen LogP contribution in [0.2, 0.25) is 0 Å². The smallest absolute Gasteiger partial charge is 0.255 e. The molecule has 2 aromatic rings. The number of rotatable bonds is 5. The fraction of sp³-hybridized carbons (Fsp3) is 0.176. The number of hydrogen-bond acceptors (Lipinski definition) is 4. The summed E-state index contributed by atoms with van der Waals surface area (Å²) in [6, 6.07) is 13.1. The van der Waals surface area contributed by atoms with Crippen LogP contribution in [-0.2, 0) is 15.6 Å². The number of para-hydroxylation sites is 1. The quantitative estimate of drug-likeness (QED) is 0.854. The number of sulfone groups is 1. The third-order valence-corrected chi connectivity index (χ3v) is 4.03. The van der Waals surface area contributed by atoms with Crippen LogP contribution in [0, 0.1) is 0 Å². The third-order valence-electron chi connectivity index (χ3n) is 3.17. The van der Waals surface area contributed by atoms with Crippen molar-refractivity contribution in [3.8, 4) is 0 Å². The number of carbonyl (C=O) groups is 2. The van der Waals surface area contributed by atoms with E-state index in [1.54, 1.807) is 42.5 Å². The van der Waals surface area contributed by atoms with Gasteiger partial charge in [0, 0.05) is 17.4 Å². The normalized spacial score (nSPS) is 11.0. The van der Waals surface area contributed by atoms with Crippen molar-refractivity contribution in [2.75, 3.05) is 11.6 Å². The van der Waals surface area contributed by atoms with Gasteiger partial charge in [-0.25, -0.2) is 8.42 Å². The molecule has 0 fully saturated rings. The summed E-state index contributed by atoms with van der Waals surface area (Å²) in [5.74, 6) is -0.668. The third kappa shape index (κ3) is 4.75. The molecule has 0 aliphatic carbocycles. The molecule has 0 saturated heterocycles. The highest BCUT2D eigenvalue weighted by molar-refractivity contribution is 7.89. The number of Topliss-reactive ketones (excluding diaryl/α,β-unsaturated/α-hetero) is 1. The monoisotopic (exact) mass is 331 g/mol. The summed E-state index contributed by atoms with van der Waals surface area (Å²) in [5.41, 5.74) is 1.73. The van der Waals surface area contributed by atoms with Crippen LogP contribution in [0.25, 0.3) is 0 Å². The standard InChI is InChI=1S/C17H17NO4S/c1-12(19)15-8-3-4-9-16(15)18-17(20)14-7-5-6-13(10-14)11-23(2,21)22/h3-10H,11H2,1-2H3,(H,18,20). The minimum absolute atomic E-state index is 0.127. The molecular formula is C17H17NO4S. The summed E-state index contributed by atoms with van der Waals surface area (Å²) >= 11 is 0. The van der Waals surface area contributed by atoms with Gasteiger partial charge in [-0.2, -0.15) is 0 Å². The first kappa shape index (κ1) is 16.9. The van der Waals surface area contributed by atoms with Crippen molar-refractivity contribution >= 4 is 27.2 Å². The molecule has 120 valence electrons. The predicted octanol–water partition coefficient (Wildman–Crippen LogP) is 2.69. The number of carbonyl (C=O) groups excluding carboxylic acids is 2. The van der Waals surface area contributed by atoms with Gasteiger partial charge in [0.15, 0.2) is 15.6 Å². The van der Waals surface area contributed by atoms with Crippen molar-refractivity contribution in [2.24, 2.45) is 0 Å². The Bertz CT molecular complexity index is 856. The van der Waals surface area contributed by atoms with Gasteiger partial charge in [0.05, 0.1) is 11.4 Å². The minimum atomic E-state index is -3.17. The maximum absolute atomic E-state index is 12.3. The molecule has 6 heteroatoms. The van der Waals surface area contributed by atoms with Gasteiger partial charge in [-0.1, -0.05) is 24.3 Å². The first-order valence-corrected chi connectivity index (χ1v) is 9.00. The molecule has 0 aromatic heterocycles. The number of amides is 1. The van der Waals surface area contributed by atoms with E-state index in [0.717, 1.165) is 6.26 Å². The van der Waals surface area contributed by atoms with Crippen molar-refractivity contribution in [1.29, 1.82) is 0 Å². The van der Waals surface area contributed by atoms with Gasteiger partial charge < -0.3 is 5.32 Å². The first-order chi connectivity index (χ1) is 10.8. The summed E-state index contributed by atoms with van der Waals surface area (Å²) in [6.07, 6.45) is 1.14. The summed E-state index contributed by atoms with van der Waals surface area (Å²) in [5, 5.41) is 2.69. The Balaban J connectivity index is 2.25. The van der Waals surface area contributed by atoms with Crippen LogP contribution in [-0.4, -0.2) is 26.4 Å². The van der Waals surface area contributed by atoms with Gasteiger partial charge in [-0.15, -0.1) is 0 Å². The van der Waals surface area contributed by atoms with E-state index in [2.05, 4.69) is 5.32 Å². The molecular weight excluding hydrogens is 314 g/mol. The molecule has 0 bridgehead atoms. The average Bonchev–Trinajstić information content (AvgIpc) is 2.46. The van der Waals surface area contributed by atoms with E-state index in [-0.39, 0.29) is 11.5 Å². The summed E-state index contributed by atoms with van der Waals surface area (Å²) in [7, 11) is -3.17. The summed E-state index contributed by atoms with van der Waals surface area (Å²) in [4.78, 5) is 23.9. The summed E-state index contributed by atoms with van der Waals surface area (Å²) < 4.78 is 22.7. The predicted molar refractivity (Wildman–Crippen MR) is 89.4 cm³/mol. The lowest BCUT2D eigenvalue weighted by Gasteiger charge is -2.10. The Kier molecular flexibility index (Phi) is 4.95. The van der Waals surface area contributed by atoms with E-state index in [1.165, 1.54) is 13.0 Å². The van der Waals surface area contributed by atoms with E-state index < -0.39 is 15.7 Å². The van der Waals surface area contributed by atoms with Crippen molar-refractivity contribution in [3.63, 3.8) is 0 Å². The van der Waals surface area contributed by atoms with Crippen LogP contribution in [0.15, 0.2) is 48.5 Å². The average molecular weight is 331 g/mol. The van der Waals surface area contributed by atoms with E-state index in [9.17, 15) is 18.0 Å². The maximum Gasteiger partial charge on any atom is 0.255 e. The lowest BCUT2D eigenvalue weighted by Crippen LogP contribution is -2.14. The zero-order valence-electron chi connectivity index (χ0n) is 12.9.